The Morgan fingerprint density at radius 1 is 0.957 bits per heavy atom. The van der Waals surface area contributed by atoms with Crippen LogP contribution in [0.3, 0.4) is 0 Å². The third kappa shape index (κ3) is 4.69. The number of hydrogen-bond donors (Lipinski definition) is 3. The van der Waals surface area contributed by atoms with Crippen molar-refractivity contribution in [1.82, 2.24) is 5.32 Å². The molecule has 5 nitrogen and oxygen atoms in total. The Morgan fingerprint density at radius 3 is 2.30 bits per heavy atom. The number of benzene rings is 2. The summed E-state index contributed by atoms with van der Waals surface area (Å²) in [5.41, 5.74) is 1.73. The zero-order chi connectivity index (χ0) is 16.7. The number of aliphatic hydroxyl groups is 2. The smallest absolute Gasteiger partial charge is 0.160 e. The molecule has 2 unspecified atom stereocenters. The second-order valence-electron chi connectivity index (χ2n) is 5.19. The summed E-state index contributed by atoms with van der Waals surface area (Å²) in [5, 5.41) is 23.0. The van der Waals surface area contributed by atoms with Gasteiger partial charge in [0, 0.05) is 6.54 Å². The molecule has 23 heavy (non-hydrogen) atoms. The second-order valence-corrected chi connectivity index (χ2v) is 5.19. The maximum atomic E-state index is 10.1. The van der Waals surface area contributed by atoms with Crippen molar-refractivity contribution in [2.24, 2.45) is 0 Å². The highest BCUT2D eigenvalue weighted by Gasteiger charge is 2.17. The number of rotatable bonds is 8. The molecule has 0 saturated carbocycles. The van der Waals surface area contributed by atoms with E-state index in [1.165, 1.54) is 0 Å². The van der Waals surface area contributed by atoms with Crippen molar-refractivity contribution in [3.8, 4) is 11.5 Å². The van der Waals surface area contributed by atoms with E-state index in [9.17, 15) is 10.2 Å². The predicted octanol–water partition coefficient (Wildman–Crippen LogP) is 1.89. The first-order chi connectivity index (χ1) is 11.2. The van der Waals surface area contributed by atoms with Crippen LogP contribution >= 0.6 is 0 Å². The molecule has 2 atom stereocenters. The normalized spacial score (nSPS) is 13.4. The SMILES string of the molecule is COc1ccc(CCNC(O)C(O)c2ccccc2)cc1OC. The largest absolute Gasteiger partial charge is 0.493 e. The van der Waals surface area contributed by atoms with Crippen molar-refractivity contribution in [2.75, 3.05) is 20.8 Å². The first-order valence-electron chi connectivity index (χ1n) is 7.51. The number of methoxy groups -OCH3 is 2. The minimum atomic E-state index is -1.02. The van der Waals surface area contributed by atoms with E-state index in [-0.39, 0.29) is 0 Å². The quantitative estimate of drug-likeness (QED) is 0.649. The maximum absolute atomic E-state index is 10.1. The molecule has 0 aliphatic rings. The molecule has 124 valence electrons. The summed E-state index contributed by atoms with van der Waals surface area (Å²) < 4.78 is 10.5. The molecular formula is C18H23NO4. The van der Waals surface area contributed by atoms with Crippen LogP contribution in [-0.2, 0) is 6.42 Å². The minimum Gasteiger partial charge on any atom is -0.493 e. The van der Waals surface area contributed by atoms with Gasteiger partial charge in [0.1, 0.15) is 12.3 Å². The van der Waals surface area contributed by atoms with Gasteiger partial charge in [0.2, 0.25) is 0 Å². The number of nitrogens with one attached hydrogen (secondary N) is 1. The monoisotopic (exact) mass is 317 g/mol. The first-order valence-corrected chi connectivity index (χ1v) is 7.51. The highest BCUT2D eigenvalue weighted by Crippen LogP contribution is 2.27. The summed E-state index contributed by atoms with van der Waals surface area (Å²) in [6, 6.07) is 14.8. The third-order valence-electron chi connectivity index (χ3n) is 3.66. The molecule has 0 bridgehead atoms. The zero-order valence-corrected chi connectivity index (χ0v) is 13.4. The molecule has 2 aromatic carbocycles. The Labute approximate surface area is 136 Å². The molecule has 0 aliphatic carbocycles. The Balaban J connectivity index is 1.87. The molecule has 0 radical (unpaired) electrons. The van der Waals surface area contributed by atoms with Crippen LogP contribution in [0.5, 0.6) is 11.5 Å². The van der Waals surface area contributed by atoms with E-state index < -0.39 is 12.3 Å². The van der Waals surface area contributed by atoms with Crippen molar-refractivity contribution in [2.45, 2.75) is 18.8 Å². The molecular weight excluding hydrogens is 294 g/mol. The van der Waals surface area contributed by atoms with Crippen molar-refractivity contribution < 1.29 is 19.7 Å². The summed E-state index contributed by atoms with van der Waals surface area (Å²) in [6.07, 6.45) is -1.28. The molecule has 0 saturated heterocycles. The Morgan fingerprint density at radius 2 is 1.65 bits per heavy atom. The van der Waals surface area contributed by atoms with E-state index >= 15 is 0 Å². The maximum Gasteiger partial charge on any atom is 0.160 e. The van der Waals surface area contributed by atoms with Crippen LogP contribution in [0.1, 0.15) is 17.2 Å². The average molecular weight is 317 g/mol. The molecule has 0 spiro atoms. The molecule has 0 fully saturated rings. The highest BCUT2D eigenvalue weighted by atomic mass is 16.5. The third-order valence-corrected chi connectivity index (χ3v) is 3.66. The Hall–Kier alpha value is -2.08. The number of hydrogen-bond acceptors (Lipinski definition) is 5. The highest BCUT2D eigenvalue weighted by molar-refractivity contribution is 5.42. The Kier molecular flexibility index (Phi) is 6.40. The standard InChI is InChI=1S/C18H23NO4/c1-22-15-9-8-13(12-16(15)23-2)10-11-19-18(21)17(20)14-6-4-3-5-7-14/h3-9,12,17-21H,10-11H2,1-2H3. The lowest BCUT2D eigenvalue weighted by atomic mass is 10.1. The van der Waals surface area contributed by atoms with Crippen LogP contribution in [0.15, 0.2) is 48.5 Å². The van der Waals surface area contributed by atoms with Crippen molar-refractivity contribution in [3.05, 3.63) is 59.7 Å². The van der Waals surface area contributed by atoms with Gasteiger partial charge in [0.25, 0.3) is 0 Å². The van der Waals surface area contributed by atoms with E-state index in [1.54, 1.807) is 26.4 Å². The van der Waals surface area contributed by atoms with E-state index in [1.807, 2.05) is 36.4 Å². The van der Waals surface area contributed by atoms with Gasteiger partial charge in [-0.1, -0.05) is 36.4 Å². The van der Waals surface area contributed by atoms with E-state index in [0.717, 1.165) is 5.56 Å². The molecule has 5 heteroatoms. The fourth-order valence-electron chi connectivity index (χ4n) is 2.34. The first kappa shape index (κ1) is 17.3. The molecule has 0 aromatic heterocycles. The van der Waals surface area contributed by atoms with Crippen molar-refractivity contribution in [3.63, 3.8) is 0 Å². The summed E-state index contributed by atoms with van der Waals surface area (Å²) in [7, 11) is 3.19. The summed E-state index contributed by atoms with van der Waals surface area (Å²) >= 11 is 0. The number of ether oxygens (including phenoxy) is 2. The average Bonchev–Trinajstić information content (AvgIpc) is 2.61. The van der Waals surface area contributed by atoms with Crippen LogP contribution in [-0.4, -0.2) is 37.2 Å². The number of aliphatic hydroxyl groups excluding tert-OH is 2. The topological polar surface area (TPSA) is 71.0 Å². The van der Waals surface area contributed by atoms with Crippen LogP contribution in [0.2, 0.25) is 0 Å². The fraction of sp³-hybridized carbons (Fsp3) is 0.333. The van der Waals surface area contributed by atoms with Gasteiger partial charge in [0.05, 0.1) is 14.2 Å². The molecule has 2 rings (SSSR count). The van der Waals surface area contributed by atoms with E-state index in [4.69, 9.17) is 9.47 Å². The lowest BCUT2D eigenvalue weighted by Gasteiger charge is -2.19. The summed E-state index contributed by atoms with van der Waals surface area (Å²) in [6.45, 7) is 0.528. The van der Waals surface area contributed by atoms with Crippen LogP contribution < -0.4 is 14.8 Å². The second kappa shape index (κ2) is 8.53. The lowest BCUT2D eigenvalue weighted by molar-refractivity contribution is -0.00255. The molecule has 0 heterocycles. The van der Waals surface area contributed by atoms with Crippen LogP contribution in [0, 0.1) is 0 Å². The van der Waals surface area contributed by atoms with Crippen LogP contribution in [0.4, 0.5) is 0 Å². The van der Waals surface area contributed by atoms with Crippen LogP contribution in [0.25, 0.3) is 0 Å². The van der Waals surface area contributed by atoms with Gasteiger partial charge in [0.15, 0.2) is 11.5 Å². The molecule has 2 aromatic rings. The molecule has 0 amide bonds. The van der Waals surface area contributed by atoms with Crippen molar-refractivity contribution >= 4 is 0 Å². The lowest BCUT2D eigenvalue weighted by Crippen LogP contribution is -2.36. The fourth-order valence-corrected chi connectivity index (χ4v) is 2.34. The van der Waals surface area contributed by atoms with Gasteiger partial charge in [-0.15, -0.1) is 0 Å². The van der Waals surface area contributed by atoms with E-state index in [0.29, 0.717) is 30.0 Å². The predicted molar refractivity (Wildman–Crippen MR) is 88.7 cm³/mol. The zero-order valence-electron chi connectivity index (χ0n) is 13.4. The Bertz CT molecular complexity index is 603. The molecule has 0 aliphatic heterocycles. The van der Waals surface area contributed by atoms with Gasteiger partial charge < -0.3 is 19.7 Å². The van der Waals surface area contributed by atoms with E-state index in [2.05, 4.69) is 5.32 Å². The molecule has 3 N–H and O–H groups in total. The van der Waals surface area contributed by atoms with Gasteiger partial charge in [-0.2, -0.15) is 0 Å². The van der Waals surface area contributed by atoms with Crippen molar-refractivity contribution in [1.29, 1.82) is 0 Å². The summed E-state index contributed by atoms with van der Waals surface area (Å²) in [4.78, 5) is 0. The van der Waals surface area contributed by atoms with Gasteiger partial charge >= 0.3 is 0 Å². The van der Waals surface area contributed by atoms with Gasteiger partial charge in [-0.05, 0) is 29.7 Å². The van der Waals surface area contributed by atoms with Gasteiger partial charge in [-0.25, -0.2) is 0 Å². The minimum absolute atomic E-state index is 0.528. The van der Waals surface area contributed by atoms with Gasteiger partial charge in [-0.3, -0.25) is 5.32 Å². The summed E-state index contributed by atoms with van der Waals surface area (Å²) in [5.74, 6) is 1.36.